The van der Waals surface area contributed by atoms with Gasteiger partial charge in [0.2, 0.25) is 5.91 Å². The van der Waals surface area contributed by atoms with Gasteiger partial charge in [0.05, 0.1) is 17.3 Å². The van der Waals surface area contributed by atoms with Crippen molar-refractivity contribution < 1.29 is 14.7 Å². The lowest BCUT2D eigenvalue weighted by molar-refractivity contribution is -0.141. The van der Waals surface area contributed by atoms with Crippen LogP contribution in [0.15, 0.2) is 35.1 Å². The fourth-order valence-corrected chi connectivity index (χ4v) is 2.95. The van der Waals surface area contributed by atoms with Crippen LogP contribution in [0.4, 0.5) is 5.69 Å². The first-order valence-electron chi connectivity index (χ1n) is 7.29. The Labute approximate surface area is 132 Å². The van der Waals surface area contributed by atoms with Crippen LogP contribution in [0, 0.1) is 12.8 Å². The maximum atomic E-state index is 12.8. The van der Waals surface area contributed by atoms with Gasteiger partial charge in [-0.15, -0.1) is 0 Å². The molecule has 0 saturated carbocycles. The molecule has 23 heavy (non-hydrogen) atoms. The lowest BCUT2D eigenvalue weighted by Gasteiger charge is -2.14. The van der Waals surface area contributed by atoms with Crippen molar-refractivity contribution in [1.29, 1.82) is 0 Å². The van der Waals surface area contributed by atoms with Gasteiger partial charge in [0.25, 0.3) is 5.56 Å². The molecule has 1 aromatic carbocycles. The number of nitrogens with zero attached hydrogens (tertiary/aromatic N) is 3. The van der Waals surface area contributed by atoms with E-state index in [0.29, 0.717) is 11.4 Å². The standard InChI is InChI=1S/C16H17N3O4/c1-10-14(18-9-11(16(22)23)8-13(18)20)15(21)19(17(10)2)12-6-4-3-5-7-12/h3-7,11H,8-9H2,1-2H3,(H,22,23). The van der Waals surface area contributed by atoms with Gasteiger partial charge in [0.15, 0.2) is 0 Å². The Morgan fingerprint density at radius 1 is 1.22 bits per heavy atom. The zero-order valence-corrected chi connectivity index (χ0v) is 12.9. The fraction of sp³-hybridized carbons (Fsp3) is 0.312. The number of hydrogen-bond donors (Lipinski definition) is 1. The fourth-order valence-electron chi connectivity index (χ4n) is 2.95. The van der Waals surface area contributed by atoms with Crippen LogP contribution in [-0.2, 0) is 16.6 Å². The second-order valence-electron chi connectivity index (χ2n) is 5.65. The van der Waals surface area contributed by atoms with Gasteiger partial charge < -0.3 is 10.0 Å². The van der Waals surface area contributed by atoms with Crippen LogP contribution in [0.25, 0.3) is 5.69 Å². The van der Waals surface area contributed by atoms with E-state index in [1.54, 1.807) is 30.8 Å². The molecular weight excluding hydrogens is 298 g/mol. The molecule has 120 valence electrons. The van der Waals surface area contributed by atoms with Gasteiger partial charge >= 0.3 is 5.97 Å². The summed E-state index contributed by atoms with van der Waals surface area (Å²) in [5.74, 6) is -2.12. The first kappa shape index (κ1) is 15.1. The molecule has 3 rings (SSSR count). The van der Waals surface area contributed by atoms with Crippen molar-refractivity contribution in [2.75, 3.05) is 11.4 Å². The van der Waals surface area contributed by atoms with E-state index in [9.17, 15) is 14.4 Å². The molecule has 0 bridgehead atoms. The predicted octanol–water partition coefficient (Wildman–Crippen LogP) is 0.922. The second kappa shape index (κ2) is 5.42. The molecule has 1 aliphatic rings. The average Bonchev–Trinajstić information content (AvgIpc) is 2.99. The number of aliphatic carboxylic acids is 1. The summed E-state index contributed by atoms with van der Waals surface area (Å²) in [4.78, 5) is 37.4. The second-order valence-corrected chi connectivity index (χ2v) is 5.65. The third-order valence-electron chi connectivity index (χ3n) is 4.27. The summed E-state index contributed by atoms with van der Waals surface area (Å²) < 4.78 is 3.15. The number of aromatic nitrogens is 2. The maximum absolute atomic E-state index is 12.8. The Balaban J connectivity index is 2.11. The molecule has 0 aliphatic carbocycles. The van der Waals surface area contributed by atoms with Crippen LogP contribution in [0.3, 0.4) is 0 Å². The van der Waals surface area contributed by atoms with Crippen LogP contribution in [0.1, 0.15) is 12.1 Å². The number of benzene rings is 1. The van der Waals surface area contributed by atoms with Crippen molar-refractivity contribution in [2.45, 2.75) is 13.3 Å². The maximum Gasteiger partial charge on any atom is 0.308 e. The highest BCUT2D eigenvalue weighted by Gasteiger charge is 2.38. The molecule has 0 radical (unpaired) electrons. The van der Waals surface area contributed by atoms with Crippen molar-refractivity contribution in [3.05, 3.63) is 46.4 Å². The van der Waals surface area contributed by atoms with Crippen LogP contribution in [0.2, 0.25) is 0 Å². The lowest BCUT2D eigenvalue weighted by atomic mass is 10.1. The van der Waals surface area contributed by atoms with Crippen molar-refractivity contribution >= 4 is 17.6 Å². The van der Waals surface area contributed by atoms with Crippen LogP contribution < -0.4 is 10.5 Å². The number of carboxylic acid groups (broad SMARTS) is 1. The number of hydrogen-bond acceptors (Lipinski definition) is 3. The Morgan fingerprint density at radius 2 is 1.87 bits per heavy atom. The Hall–Kier alpha value is -2.83. The molecule has 1 N–H and O–H groups in total. The summed E-state index contributed by atoms with van der Waals surface area (Å²) in [5, 5.41) is 9.10. The van der Waals surface area contributed by atoms with E-state index in [-0.39, 0.29) is 30.1 Å². The minimum absolute atomic E-state index is 0.0308. The van der Waals surface area contributed by atoms with Crippen molar-refractivity contribution in [1.82, 2.24) is 9.36 Å². The van der Waals surface area contributed by atoms with Crippen molar-refractivity contribution in [3.8, 4) is 5.69 Å². The molecule has 1 saturated heterocycles. The van der Waals surface area contributed by atoms with Gasteiger partial charge in [-0.3, -0.25) is 19.1 Å². The molecule has 1 aromatic heterocycles. The summed E-state index contributed by atoms with van der Waals surface area (Å²) >= 11 is 0. The van der Waals surface area contributed by atoms with Crippen molar-refractivity contribution in [2.24, 2.45) is 13.0 Å². The largest absolute Gasteiger partial charge is 0.481 e. The monoisotopic (exact) mass is 315 g/mol. The molecule has 1 atom stereocenters. The summed E-state index contributed by atoms with van der Waals surface area (Å²) in [6.07, 6.45) is -0.0750. The van der Waals surface area contributed by atoms with E-state index < -0.39 is 11.9 Å². The number of carbonyl (C=O) groups excluding carboxylic acids is 1. The van der Waals surface area contributed by atoms with Gasteiger partial charge in [0, 0.05) is 20.0 Å². The Morgan fingerprint density at radius 3 is 2.43 bits per heavy atom. The van der Waals surface area contributed by atoms with Gasteiger partial charge in [0.1, 0.15) is 5.69 Å². The van der Waals surface area contributed by atoms with Gasteiger partial charge in [-0.25, -0.2) is 4.68 Å². The van der Waals surface area contributed by atoms with E-state index >= 15 is 0 Å². The van der Waals surface area contributed by atoms with E-state index in [1.807, 2.05) is 18.2 Å². The van der Waals surface area contributed by atoms with E-state index in [0.717, 1.165) is 0 Å². The van der Waals surface area contributed by atoms with E-state index in [2.05, 4.69) is 0 Å². The highest BCUT2D eigenvalue weighted by molar-refractivity contribution is 5.99. The quantitative estimate of drug-likeness (QED) is 0.913. The molecule has 1 aliphatic heterocycles. The van der Waals surface area contributed by atoms with Gasteiger partial charge in [-0.05, 0) is 19.1 Å². The molecule has 0 spiro atoms. The molecule has 2 heterocycles. The normalized spacial score (nSPS) is 17.7. The molecule has 7 heteroatoms. The zero-order valence-electron chi connectivity index (χ0n) is 12.9. The SMILES string of the molecule is Cc1c(N2CC(C(=O)O)CC2=O)c(=O)n(-c2ccccc2)n1C. The number of amides is 1. The minimum Gasteiger partial charge on any atom is -0.481 e. The summed E-state index contributed by atoms with van der Waals surface area (Å²) in [5.41, 5.74) is 1.25. The topological polar surface area (TPSA) is 84.5 Å². The first-order chi connectivity index (χ1) is 10.9. The molecule has 1 fully saturated rings. The number of carboxylic acids is 1. The first-order valence-corrected chi connectivity index (χ1v) is 7.29. The molecule has 1 unspecified atom stereocenters. The lowest BCUT2D eigenvalue weighted by Crippen LogP contribution is -2.31. The smallest absolute Gasteiger partial charge is 0.308 e. The third kappa shape index (κ3) is 2.34. The molecule has 2 aromatic rings. The molecule has 7 nitrogen and oxygen atoms in total. The summed E-state index contributed by atoms with van der Waals surface area (Å²) in [6, 6.07) is 9.11. The predicted molar refractivity (Wildman–Crippen MR) is 83.8 cm³/mol. The minimum atomic E-state index is -1.02. The van der Waals surface area contributed by atoms with E-state index in [4.69, 9.17) is 5.11 Å². The summed E-state index contributed by atoms with van der Waals surface area (Å²) in [6.45, 7) is 1.78. The zero-order chi connectivity index (χ0) is 16.7. The Kier molecular flexibility index (Phi) is 3.55. The van der Waals surface area contributed by atoms with Gasteiger partial charge in [-0.2, -0.15) is 0 Å². The number of rotatable bonds is 3. The summed E-state index contributed by atoms with van der Waals surface area (Å²) in [7, 11) is 1.74. The number of anilines is 1. The van der Waals surface area contributed by atoms with Crippen LogP contribution in [0.5, 0.6) is 0 Å². The third-order valence-corrected chi connectivity index (χ3v) is 4.27. The van der Waals surface area contributed by atoms with Gasteiger partial charge in [-0.1, -0.05) is 18.2 Å². The highest BCUT2D eigenvalue weighted by atomic mass is 16.4. The molecular formula is C16H17N3O4. The molecule has 1 amide bonds. The van der Waals surface area contributed by atoms with Crippen LogP contribution >= 0.6 is 0 Å². The van der Waals surface area contributed by atoms with E-state index in [1.165, 1.54) is 9.58 Å². The van der Waals surface area contributed by atoms with Crippen molar-refractivity contribution in [3.63, 3.8) is 0 Å². The number of carbonyl (C=O) groups is 2. The average molecular weight is 315 g/mol. The number of para-hydroxylation sites is 1. The highest BCUT2D eigenvalue weighted by Crippen LogP contribution is 2.26. The van der Waals surface area contributed by atoms with Crippen LogP contribution in [-0.4, -0.2) is 32.9 Å². The Bertz CT molecular complexity index is 835.